The molecule has 1 rings (SSSR count). The van der Waals surface area contributed by atoms with Gasteiger partial charge in [-0.25, -0.2) is 0 Å². The van der Waals surface area contributed by atoms with Gasteiger partial charge in [0.2, 0.25) is 0 Å². The molecular formula is C13H21NO2. The number of aliphatic hydroxyl groups excluding tert-OH is 1. The average Bonchev–Trinajstić information content (AvgIpc) is 2.33. The highest BCUT2D eigenvalue weighted by Crippen LogP contribution is 2.08. The Balaban J connectivity index is 2.08. The van der Waals surface area contributed by atoms with Gasteiger partial charge in [-0.1, -0.05) is 31.5 Å². The molecule has 3 nitrogen and oxygen atoms in total. The van der Waals surface area contributed by atoms with Crippen LogP contribution < -0.4 is 10.1 Å². The van der Waals surface area contributed by atoms with E-state index in [1.165, 1.54) is 6.42 Å². The van der Waals surface area contributed by atoms with E-state index in [-0.39, 0.29) is 0 Å². The Labute approximate surface area is 97.4 Å². The van der Waals surface area contributed by atoms with Crippen molar-refractivity contribution in [2.45, 2.75) is 25.9 Å². The first-order chi connectivity index (χ1) is 7.83. The van der Waals surface area contributed by atoms with E-state index in [4.69, 9.17) is 4.74 Å². The zero-order chi connectivity index (χ0) is 11.6. The van der Waals surface area contributed by atoms with Crippen LogP contribution in [0.2, 0.25) is 0 Å². The summed E-state index contributed by atoms with van der Waals surface area (Å²) in [5, 5.41) is 12.8. The molecule has 1 unspecified atom stereocenters. The number of benzene rings is 1. The second kappa shape index (κ2) is 8.13. The number of unbranched alkanes of at least 4 members (excludes halogenated alkanes) is 1. The lowest BCUT2D eigenvalue weighted by molar-refractivity contribution is 0.106. The van der Waals surface area contributed by atoms with Crippen LogP contribution in [0.3, 0.4) is 0 Å². The highest BCUT2D eigenvalue weighted by atomic mass is 16.5. The van der Waals surface area contributed by atoms with Crippen LogP contribution in [0, 0.1) is 0 Å². The third kappa shape index (κ3) is 5.73. The monoisotopic (exact) mass is 223 g/mol. The van der Waals surface area contributed by atoms with Gasteiger partial charge in [0.15, 0.2) is 0 Å². The summed E-state index contributed by atoms with van der Waals surface area (Å²) in [7, 11) is 0. The largest absolute Gasteiger partial charge is 0.491 e. The van der Waals surface area contributed by atoms with Gasteiger partial charge < -0.3 is 15.2 Å². The third-order valence-electron chi connectivity index (χ3n) is 2.27. The highest BCUT2D eigenvalue weighted by Gasteiger charge is 2.03. The van der Waals surface area contributed by atoms with Gasteiger partial charge in [-0.3, -0.25) is 0 Å². The SMILES string of the molecule is CCCCNCC(O)COc1ccccc1. The summed E-state index contributed by atoms with van der Waals surface area (Å²) >= 11 is 0. The predicted molar refractivity (Wildman–Crippen MR) is 65.7 cm³/mol. The molecule has 0 fully saturated rings. The van der Waals surface area contributed by atoms with E-state index in [1.807, 2.05) is 30.3 Å². The normalized spacial score (nSPS) is 12.4. The fourth-order valence-electron chi connectivity index (χ4n) is 1.34. The minimum Gasteiger partial charge on any atom is -0.491 e. The standard InChI is InChI=1S/C13H21NO2/c1-2-3-9-14-10-12(15)11-16-13-7-5-4-6-8-13/h4-8,12,14-15H,2-3,9-11H2,1H3. The first kappa shape index (κ1) is 13.0. The Morgan fingerprint density at radius 1 is 1.31 bits per heavy atom. The Kier molecular flexibility index (Phi) is 6.61. The molecule has 0 saturated heterocycles. The zero-order valence-corrected chi connectivity index (χ0v) is 9.86. The highest BCUT2D eigenvalue weighted by molar-refractivity contribution is 5.20. The van der Waals surface area contributed by atoms with E-state index in [2.05, 4.69) is 12.2 Å². The summed E-state index contributed by atoms with van der Waals surface area (Å²) in [6, 6.07) is 9.55. The minimum absolute atomic E-state index is 0.336. The summed E-state index contributed by atoms with van der Waals surface area (Å²) in [5.41, 5.74) is 0. The number of nitrogens with one attached hydrogen (secondary N) is 1. The second-order valence-electron chi connectivity index (χ2n) is 3.84. The first-order valence-electron chi connectivity index (χ1n) is 5.89. The maximum absolute atomic E-state index is 9.62. The fraction of sp³-hybridized carbons (Fsp3) is 0.538. The van der Waals surface area contributed by atoms with Crippen LogP contribution in [-0.2, 0) is 0 Å². The molecule has 0 heterocycles. The molecule has 0 bridgehead atoms. The Morgan fingerprint density at radius 2 is 2.06 bits per heavy atom. The first-order valence-corrected chi connectivity index (χ1v) is 5.89. The maximum atomic E-state index is 9.62. The molecule has 2 N–H and O–H groups in total. The molecule has 0 saturated carbocycles. The van der Waals surface area contributed by atoms with Gasteiger partial charge in [0.1, 0.15) is 18.5 Å². The van der Waals surface area contributed by atoms with Crippen molar-refractivity contribution in [1.29, 1.82) is 0 Å². The van der Waals surface area contributed by atoms with Crippen LogP contribution >= 0.6 is 0 Å². The second-order valence-corrected chi connectivity index (χ2v) is 3.84. The van der Waals surface area contributed by atoms with Crippen molar-refractivity contribution in [3.05, 3.63) is 30.3 Å². The van der Waals surface area contributed by atoms with Gasteiger partial charge in [-0.2, -0.15) is 0 Å². The molecule has 3 heteroatoms. The average molecular weight is 223 g/mol. The molecule has 90 valence electrons. The van der Waals surface area contributed by atoms with Crippen LogP contribution in [-0.4, -0.2) is 30.9 Å². The number of rotatable bonds is 8. The van der Waals surface area contributed by atoms with Crippen LogP contribution in [0.5, 0.6) is 5.75 Å². The molecule has 0 spiro atoms. The summed E-state index contributed by atoms with van der Waals surface area (Å²) in [4.78, 5) is 0. The lowest BCUT2D eigenvalue weighted by Crippen LogP contribution is -2.31. The van der Waals surface area contributed by atoms with E-state index in [9.17, 15) is 5.11 Å². The van der Waals surface area contributed by atoms with Crippen LogP contribution in [0.15, 0.2) is 30.3 Å². The van der Waals surface area contributed by atoms with Gasteiger partial charge in [0.05, 0.1) is 0 Å². The smallest absolute Gasteiger partial charge is 0.119 e. The topological polar surface area (TPSA) is 41.5 Å². The summed E-state index contributed by atoms with van der Waals surface area (Å²) in [6.45, 7) is 4.03. The van der Waals surface area contributed by atoms with Crippen molar-refractivity contribution in [1.82, 2.24) is 5.32 Å². The quantitative estimate of drug-likeness (QED) is 0.660. The van der Waals surface area contributed by atoms with E-state index in [1.54, 1.807) is 0 Å². The summed E-state index contributed by atoms with van der Waals surface area (Å²) in [5.74, 6) is 0.801. The number of para-hydroxylation sites is 1. The van der Waals surface area contributed by atoms with Crippen LogP contribution in [0.25, 0.3) is 0 Å². The molecule has 0 aliphatic rings. The number of ether oxygens (including phenoxy) is 1. The molecule has 0 aromatic heterocycles. The van der Waals surface area contributed by atoms with Gasteiger partial charge in [-0.05, 0) is 25.1 Å². The van der Waals surface area contributed by atoms with Crippen molar-refractivity contribution in [2.24, 2.45) is 0 Å². The van der Waals surface area contributed by atoms with Gasteiger partial charge in [-0.15, -0.1) is 0 Å². The van der Waals surface area contributed by atoms with Gasteiger partial charge in [0.25, 0.3) is 0 Å². The van der Waals surface area contributed by atoms with Crippen molar-refractivity contribution in [3.8, 4) is 5.75 Å². The summed E-state index contributed by atoms with van der Waals surface area (Å²) < 4.78 is 5.43. The summed E-state index contributed by atoms with van der Waals surface area (Å²) in [6.07, 6.45) is 1.87. The van der Waals surface area contributed by atoms with E-state index in [0.717, 1.165) is 18.7 Å². The van der Waals surface area contributed by atoms with Crippen LogP contribution in [0.4, 0.5) is 0 Å². The van der Waals surface area contributed by atoms with Gasteiger partial charge in [0, 0.05) is 6.54 Å². The lowest BCUT2D eigenvalue weighted by atomic mass is 10.3. The maximum Gasteiger partial charge on any atom is 0.119 e. The Hall–Kier alpha value is -1.06. The Bertz CT molecular complexity index is 264. The number of hydrogen-bond acceptors (Lipinski definition) is 3. The minimum atomic E-state index is -0.447. The molecule has 16 heavy (non-hydrogen) atoms. The molecule has 0 amide bonds. The molecule has 0 aliphatic carbocycles. The lowest BCUT2D eigenvalue weighted by Gasteiger charge is -2.12. The zero-order valence-electron chi connectivity index (χ0n) is 9.86. The Morgan fingerprint density at radius 3 is 2.75 bits per heavy atom. The molecule has 0 radical (unpaired) electrons. The molecule has 1 atom stereocenters. The van der Waals surface area contributed by atoms with Gasteiger partial charge >= 0.3 is 0 Å². The molecule has 1 aromatic carbocycles. The predicted octanol–water partition coefficient (Wildman–Crippen LogP) is 1.82. The third-order valence-corrected chi connectivity index (χ3v) is 2.27. The van der Waals surface area contributed by atoms with E-state index < -0.39 is 6.10 Å². The van der Waals surface area contributed by atoms with Crippen LogP contribution in [0.1, 0.15) is 19.8 Å². The fourth-order valence-corrected chi connectivity index (χ4v) is 1.34. The van der Waals surface area contributed by atoms with Crippen molar-refractivity contribution < 1.29 is 9.84 Å². The molecule has 1 aromatic rings. The van der Waals surface area contributed by atoms with Crippen molar-refractivity contribution in [2.75, 3.05) is 19.7 Å². The molecular weight excluding hydrogens is 202 g/mol. The molecule has 0 aliphatic heterocycles. The number of hydrogen-bond donors (Lipinski definition) is 2. The number of aliphatic hydroxyl groups is 1. The van der Waals surface area contributed by atoms with Crippen molar-refractivity contribution >= 4 is 0 Å². The van der Waals surface area contributed by atoms with Crippen molar-refractivity contribution in [3.63, 3.8) is 0 Å². The van der Waals surface area contributed by atoms with E-state index in [0.29, 0.717) is 13.2 Å². The van der Waals surface area contributed by atoms with E-state index >= 15 is 0 Å².